The van der Waals surface area contributed by atoms with Crippen LogP contribution in [0.15, 0.2) is 47.2 Å². The van der Waals surface area contributed by atoms with Crippen LogP contribution >= 0.6 is 0 Å². The van der Waals surface area contributed by atoms with E-state index in [1.54, 1.807) is 24.6 Å². The number of pyridine rings is 1. The molecule has 0 aliphatic carbocycles. The number of hydrogen-bond donors (Lipinski definition) is 2. The van der Waals surface area contributed by atoms with Gasteiger partial charge in [0, 0.05) is 18.8 Å². The van der Waals surface area contributed by atoms with Crippen molar-refractivity contribution in [2.24, 2.45) is 0 Å². The molecule has 4 heteroatoms. The molecule has 1 unspecified atom stereocenters. The Bertz CT molecular complexity index is 428. The molecule has 2 rings (SSSR count). The van der Waals surface area contributed by atoms with Gasteiger partial charge < -0.3 is 14.8 Å². The Morgan fingerprint density at radius 3 is 2.88 bits per heavy atom. The van der Waals surface area contributed by atoms with Crippen LogP contribution in [0.5, 0.6) is 0 Å². The fourth-order valence-corrected chi connectivity index (χ4v) is 1.61. The number of aliphatic hydroxyl groups excluding tert-OH is 1. The zero-order chi connectivity index (χ0) is 12.1. The highest BCUT2D eigenvalue weighted by Gasteiger charge is 2.12. The van der Waals surface area contributed by atoms with Gasteiger partial charge in [-0.05, 0) is 31.2 Å². The maximum atomic E-state index is 9.83. The van der Waals surface area contributed by atoms with Crippen molar-refractivity contribution < 1.29 is 9.52 Å². The van der Waals surface area contributed by atoms with Gasteiger partial charge >= 0.3 is 0 Å². The SMILES string of the molecule is C[C@@H](NCC(O)c1ccco1)c1ccccn1. The van der Waals surface area contributed by atoms with E-state index in [0.717, 1.165) is 5.69 Å². The maximum absolute atomic E-state index is 9.83. The standard InChI is InChI=1S/C13H16N2O2/c1-10(11-5-2-3-7-14-11)15-9-12(16)13-6-4-8-17-13/h2-8,10,12,15-16H,9H2,1H3/t10-,12?/m1/s1. The first-order chi connectivity index (χ1) is 8.27. The molecule has 0 saturated heterocycles. The lowest BCUT2D eigenvalue weighted by Gasteiger charge is -2.15. The highest BCUT2D eigenvalue weighted by molar-refractivity contribution is 5.08. The van der Waals surface area contributed by atoms with Crippen LogP contribution in [0.3, 0.4) is 0 Å². The number of aliphatic hydroxyl groups is 1. The van der Waals surface area contributed by atoms with Gasteiger partial charge in [0.15, 0.2) is 0 Å². The number of nitrogens with zero attached hydrogens (tertiary/aromatic N) is 1. The van der Waals surface area contributed by atoms with Gasteiger partial charge in [-0.2, -0.15) is 0 Å². The summed E-state index contributed by atoms with van der Waals surface area (Å²) in [5.41, 5.74) is 0.958. The molecule has 90 valence electrons. The highest BCUT2D eigenvalue weighted by Crippen LogP contribution is 2.14. The van der Waals surface area contributed by atoms with Crippen LogP contribution in [0.2, 0.25) is 0 Å². The monoisotopic (exact) mass is 232 g/mol. The van der Waals surface area contributed by atoms with Gasteiger partial charge in [0.2, 0.25) is 0 Å². The summed E-state index contributed by atoms with van der Waals surface area (Å²) in [5, 5.41) is 13.0. The molecule has 2 aromatic heterocycles. The van der Waals surface area contributed by atoms with Crippen molar-refractivity contribution in [3.8, 4) is 0 Å². The molecule has 0 spiro atoms. The minimum Gasteiger partial charge on any atom is -0.467 e. The zero-order valence-electron chi connectivity index (χ0n) is 9.71. The first kappa shape index (κ1) is 11.8. The van der Waals surface area contributed by atoms with Crippen molar-refractivity contribution in [2.75, 3.05) is 6.54 Å². The molecule has 0 bridgehead atoms. The Labute approximate surface area is 100 Å². The second kappa shape index (κ2) is 5.61. The minimum absolute atomic E-state index is 0.0980. The average molecular weight is 232 g/mol. The molecule has 2 heterocycles. The molecule has 0 aliphatic rings. The molecule has 0 fully saturated rings. The third kappa shape index (κ3) is 3.15. The predicted octanol–water partition coefficient (Wildman–Crippen LogP) is 2.06. The second-order valence-corrected chi connectivity index (χ2v) is 3.92. The van der Waals surface area contributed by atoms with Crippen LogP contribution in [0, 0.1) is 0 Å². The van der Waals surface area contributed by atoms with E-state index in [4.69, 9.17) is 4.42 Å². The average Bonchev–Trinajstić information content (AvgIpc) is 2.90. The lowest BCUT2D eigenvalue weighted by molar-refractivity contribution is 0.144. The number of hydrogen-bond acceptors (Lipinski definition) is 4. The summed E-state index contributed by atoms with van der Waals surface area (Å²) in [6, 6.07) is 9.41. The molecule has 2 aromatic rings. The summed E-state index contributed by atoms with van der Waals surface area (Å²) in [6.07, 6.45) is 2.69. The topological polar surface area (TPSA) is 58.3 Å². The number of aromatic nitrogens is 1. The smallest absolute Gasteiger partial charge is 0.133 e. The Balaban J connectivity index is 1.86. The van der Waals surface area contributed by atoms with Gasteiger partial charge in [-0.15, -0.1) is 0 Å². The second-order valence-electron chi connectivity index (χ2n) is 3.92. The van der Waals surface area contributed by atoms with E-state index in [-0.39, 0.29) is 6.04 Å². The van der Waals surface area contributed by atoms with Crippen LogP contribution in [0.25, 0.3) is 0 Å². The number of rotatable bonds is 5. The summed E-state index contributed by atoms with van der Waals surface area (Å²) < 4.78 is 5.13. The predicted molar refractivity (Wildman–Crippen MR) is 64.3 cm³/mol. The number of furan rings is 1. The van der Waals surface area contributed by atoms with Crippen molar-refractivity contribution in [1.82, 2.24) is 10.3 Å². The van der Waals surface area contributed by atoms with E-state index < -0.39 is 6.10 Å². The van der Waals surface area contributed by atoms with Gasteiger partial charge in [0.25, 0.3) is 0 Å². The Morgan fingerprint density at radius 1 is 1.35 bits per heavy atom. The Kier molecular flexibility index (Phi) is 3.90. The summed E-state index contributed by atoms with van der Waals surface area (Å²) in [6.45, 7) is 2.45. The van der Waals surface area contributed by atoms with E-state index >= 15 is 0 Å². The van der Waals surface area contributed by atoms with Crippen molar-refractivity contribution >= 4 is 0 Å². The molecule has 0 aliphatic heterocycles. The van der Waals surface area contributed by atoms with Crippen LogP contribution in [-0.2, 0) is 0 Å². The van der Waals surface area contributed by atoms with Crippen molar-refractivity contribution in [3.05, 3.63) is 54.2 Å². The molecule has 0 amide bonds. The summed E-state index contributed by atoms with van der Waals surface area (Å²) in [7, 11) is 0. The third-order valence-corrected chi connectivity index (χ3v) is 2.62. The molecule has 0 saturated carbocycles. The van der Waals surface area contributed by atoms with Crippen molar-refractivity contribution in [3.63, 3.8) is 0 Å². The quantitative estimate of drug-likeness (QED) is 0.828. The summed E-state index contributed by atoms with van der Waals surface area (Å²) in [5.74, 6) is 0.575. The molecule has 2 atom stereocenters. The zero-order valence-corrected chi connectivity index (χ0v) is 9.71. The van der Waals surface area contributed by atoms with Gasteiger partial charge in [-0.3, -0.25) is 4.98 Å². The first-order valence-electron chi connectivity index (χ1n) is 5.63. The van der Waals surface area contributed by atoms with Crippen molar-refractivity contribution in [2.45, 2.75) is 19.1 Å². The summed E-state index contributed by atoms with van der Waals surface area (Å²) in [4.78, 5) is 4.25. The maximum Gasteiger partial charge on any atom is 0.133 e. The van der Waals surface area contributed by atoms with Gasteiger partial charge in [-0.1, -0.05) is 6.07 Å². The third-order valence-electron chi connectivity index (χ3n) is 2.62. The highest BCUT2D eigenvalue weighted by atomic mass is 16.4. The van der Waals surface area contributed by atoms with Crippen molar-refractivity contribution in [1.29, 1.82) is 0 Å². The largest absolute Gasteiger partial charge is 0.467 e. The van der Waals surface area contributed by atoms with Crippen LogP contribution < -0.4 is 5.32 Å². The van der Waals surface area contributed by atoms with Gasteiger partial charge in [-0.25, -0.2) is 0 Å². The lowest BCUT2D eigenvalue weighted by atomic mass is 10.2. The minimum atomic E-state index is -0.629. The van der Waals surface area contributed by atoms with E-state index in [1.807, 2.05) is 25.1 Å². The van der Waals surface area contributed by atoms with Gasteiger partial charge in [0.05, 0.1) is 12.0 Å². The molecule has 2 N–H and O–H groups in total. The molecule has 4 nitrogen and oxygen atoms in total. The lowest BCUT2D eigenvalue weighted by Crippen LogP contribution is -2.25. The van der Waals surface area contributed by atoms with E-state index in [1.165, 1.54) is 0 Å². The summed E-state index contributed by atoms with van der Waals surface area (Å²) >= 11 is 0. The molecule has 17 heavy (non-hydrogen) atoms. The van der Waals surface area contributed by atoms with E-state index in [2.05, 4.69) is 10.3 Å². The number of nitrogens with one attached hydrogen (secondary N) is 1. The van der Waals surface area contributed by atoms with E-state index in [9.17, 15) is 5.11 Å². The Morgan fingerprint density at radius 2 is 2.24 bits per heavy atom. The fraction of sp³-hybridized carbons (Fsp3) is 0.308. The van der Waals surface area contributed by atoms with Crippen LogP contribution in [0.4, 0.5) is 0 Å². The molecular weight excluding hydrogens is 216 g/mol. The fourth-order valence-electron chi connectivity index (χ4n) is 1.61. The Hall–Kier alpha value is -1.65. The normalized spacial score (nSPS) is 14.5. The molecule has 0 radical (unpaired) electrons. The first-order valence-corrected chi connectivity index (χ1v) is 5.63. The van der Waals surface area contributed by atoms with Crippen LogP contribution in [0.1, 0.15) is 30.5 Å². The van der Waals surface area contributed by atoms with Gasteiger partial charge in [0.1, 0.15) is 11.9 Å². The van der Waals surface area contributed by atoms with Crippen LogP contribution in [-0.4, -0.2) is 16.6 Å². The molecule has 0 aromatic carbocycles. The van der Waals surface area contributed by atoms with E-state index in [0.29, 0.717) is 12.3 Å². The molecular formula is C13H16N2O2.